The molecule has 1 aliphatic carbocycles. The molecule has 0 atom stereocenters. The highest BCUT2D eigenvalue weighted by molar-refractivity contribution is 5.77. The van der Waals surface area contributed by atoms with Gasteiger partial charge in [-0.2, -0.15) is 0 Å². The van der Waals surface area contributed by atoms with Crippen LogP contribution >= 0.6 is 0 Å². The smallest absolute Gasteiger partial charge is 0.258 e. The third kappa shape index (κ3) is 4.09. The molecule has 0 radical (unpaired) electrons. The second kappa shape index (κ2) is 8.30. The highest BCUT2D eigenvalue weighted by Crippen LogP contribution is 2.25. The summed E-state index contributed by atoms with van der Waals surface area (Å²) in [5.74, 6) is 1.42. The molecule has 144 valence electrons. The average molecular weight is 375 g/mol. The fraction of sp³-hybridized carbons (Fsp3) is 0.304. The van der Waals surface area contributed by atoms with Gasteiger partial charge in [-0.3, -0.25) is 9.36 Å². The summed E-state index contributed by atoms with van der Waals surface area (Å²) in [6, 6.07) is 17.9. The SMILES string of the molecule is Cc1ccc(OCC(=O)NCc2nc3c(n2-c2ccccc2)CCCC3)cc1. The zero-order chi connectivity index (χ0) is 19.3. The highest BCUT2D eigenvalue weighted by atomic mass is 16.5. The van der Waals surface area contributed by atoms with Crippen LogP contribution in [0.5, 0.6) is 5.75 Å². The summed E-state index contributed by atoms with van der Waals surface area (Å²) in [6.07, 6.45) is 4.39. The van der Waals surface area contributed by atoms with E-state index in [0.717, 1.165) is 35.6 Å². The fourth-order valence-electron chi connectivity index (χ4n) is 3.61. The van der Waals surface area contributed by atoms with Crippen molar-refractivity contribution in [2.24, 2.45) is 0 Å². The lowest BCUT2D eigenvalue weighted by molar-refractivity contribution is -0.123. The van der Waals surface area contributed by atoms with Gasteiger partial charge in [-0.1, -0.05) is 35.9 Å². The van der Waals surface area contributed by atoms with Gasteiger partial charge in [0.25, 0.3) is 5.91 Å². The molecule has 4 rings (SSSR count). The summed E-state index contributed by atoms with van der Waals surface area (Å²) in [6.45, 7) is 2.40. The number of nitrogens with one attached hydrogen (secondary N) is 1. The Balaban J connectivity index is 1.45. The second-order valence-corrected chi connectivity index (χ2v) is 7.18. The molecule has 1 N–H and O–H groups in total. The van der Waals surface area contributed by atoms with Crippen LogP contribution in [0.2, 0.25) is 0 Å². The number of benzene rings is 2. The number of rotatable bonds is 6. The first-order chi connectivity index (χ1) is 13.7. The van der Waals surface area contributed by atoms with Crippen LogP contribution in [0.25, 0.3) is 5.69 Å². The van der Waals surface area contributed by atoms with Gasteiger partial charge in [0.2, 0.25) is 0 Å². The number of amides is 1. The molecule has 3 aromatic rings. The monoisotopic (exact) mass is 375 g/mol. The molecule has 0 spiro atoms. The largest absolute Gasteiger partial charge is 0.484 e. The van der Waals surface area contributed by atoms with Crippen molar-refractivity contribution < 1.29 is 9.53 Å². The number of aryl methyl sites for hydroxylation is 2. The van der Waals surface area contributed by atoms with Crippen LogP contribution in [-0.2, 0) is 24.2 Å². The Kier molecular flexibility index (Phi) is 5.42. The van der Waals surface area contributed by atoms with E-state index >= 15 is 0 Å². The Hall–Kier alpha value is -3.08. The van der Waals surface area contributed by atoms with Crippen molar-refractivity contribution in [2.75, 3.05) is 6.61 Å². The molecule has 0 bridgehead atoms. The standard InChI is InChI=1S/C23H25N3O2/c1-17-11-13-19(14-12-17)28-16-23(27)24-15-22-25-20-9-5-6-10-21(20)26(22)18-7-3-2-4-8-18/h2-4,7-8,11-14H,5-6,9-10,15-16H2,1H3,(H,24,27). The molecule has 0 aliphatic heterocycles. The van der Waals surface area contributed by atoms with Gasteiger partial charge in [0.15, 0.2) is 6.61 Å². The third-order valence-electron chi connectivity index (χ3n) is 5.05. The minimum absolute atomic E-state index is 0.00514. The van der Waals surface area contributed by atoms with Crippen LogP contribution in [0.3, 0.4) is 0 Å². The molecular formula is C23H25N3O2. The molecule has 1 heterocycles. The van der Waals surface area contributed by atoms with Crippen LogP contribution in [0.1, 0.15) is 35.6 Å². The molecule has 0 fully saturated rings. The Morgan fingerprint density at radius 3 is 2.61 bits per heavy atom. The number of para-hydroxylation sites is 1. The number of aromatic nitrogens is 2. The minimum atomic E-state index is -0.152. The number of imidazole rings is 1. The van der Waals surface area contributed by atoms with Gasteiger partial charge >= 0.3 is 0 Å². The van der Waals surface area contributed by atoms with Gasteiger partial charge in [-0.15, -0.1) is 0 Å². The van der Waals surface area contributed by atoms with Crippen LogP contribution < -0.4 is 10.1 Å². The van der Waals surface area contributed by atoms with Crippen molar-refractivity contribution >= 4 is 5.91 Å². The average Bonchev–Trinajstić information content (AvgIpc) is 3.11. The molecule has 5 heteroatoms. The van der Waals surface area contributed by atoms with Crippen molar-refractivity contribution in [1.82, 2.24) is 14.9 Å². The van der Waals surface area contributed by atoms with Crippen LogP contribution in [0, 0.1) is 6.92 Å². The van der Waals surface area contributed by atoms with E-state index in [4.69, 9.17) is 9.72 Å². The maximum Gasteiger partial charge on any atom is 0.258 e. The summed E-state index contributed by atoms with van der Waals surface area (Å²) >= 11 is 0. The predicted molar refractivity (Wildman–Crippen MR) is 109 cm³/mol. The number of carbonyl (C=O) groups excluding carboxylic acids is 1. The molecule has 1 amide bonds. The van der Waals surface area contributed by atoms with Gasteiger partial charge < -0.3 is 10.1 Å². The van der Waals surface area contributed by atoms with E-state index in [9.17, 15) is 4.79 Å². The molecule has 28 heavy (non-hydrogen) atoms. The summed E-state index contributed by atoms with van der Waals surface area (Å²) in [4.78, 5) is 17.1. The first-order valence-electron chi connectivity index (χ1n) is 9.81. The quantitative estimate of drug-likeness (QED) is 0.714. The minimum Gasteiger partial charge on any atom is -0.484 e. The highest BCUT2D eigenvalue weighted by Gasteiger charge is 2.21. The summed E-state index contributed by atoms with van der Waals surface area (Å²) in [5.41, 5.74) is 4.69. The lowest BCUT2D eigenvalue weighted by atomic mass is 10.0. The van der Waals surface area contributed by atoms with E-state index in [1.807, 2.05) is 49.4 Å². The van der Waals surface area contributed by atoms with Crippen molar-refractivity contribution in [2.45, 2.75) is 39.2 Å². The van der Waals surface area contributed by atoms with Gasteiger partial charge in [-0.25, -0.2) is 4.98 Å². The lowest BCUT2D eigenvalue weighted by Crippen LogP contribution is -2.29. The molecule has 0 saturated heterocycles. The normalized spacial score (nSPS) is 13.0. The third-order valence-corrected chi connectivity index (χ3v) is 5.05. The summed E-state index contributed by atoms with van der Waals surface area (Å²) in [5, 5.41) is 2.95. The van der Waals surface area contributed by atoms with E-state index in [1.165, 1.54) is 18.5 Å². The van der Waals surface area contributed by atoms with Crippen molar-refractivity contribution in [1.29, 1.82) is 0 Å². The Morgan fingerprint density at radius 2 is 1.82 bits per heavy atom. The van der Waals surface area contributed by atoms with Crippen LogP contribution in [0.4, 0.5) is 0 Å². The van der Waals surface area contributed by atoms with Gasteiger partial charge in [-0.05, 0) is 56.9 Å². The van der Waals surface area contributed by atoms with E-state index < -0.39 is 0 Å². The second-order valence-electron chi connectivity index (χ2n) is 7.18. The first-order valence-corrected chi connectivity index (χ1v) is 9.81. The molecule has 2 aromatic carbocycles. The number of carbonyl (C=O) groups is 1. The Bertz CT molecular complexity index is 946. The number of fused-ring (bicyclic) bond motifs is 1. The number of hydrogen-bond donors (Lipinski definition) is 1. The van der Waals surface area contributed by atoms with E-state index in [1.54, 1.807) is 0 Å². The summed E-state index contributed by atoms with van der Waals surface area (Å²) in [7, 11) is 0. The van der Waals surface area contributed by atoms with Crippen molar-refractivity contribution in [3.05, 3.63) is 77.4 Å². The first kappa shape index (κ1) is 18.3. The van der Waals surface area contributed by atoms with Crippen LogP contribution in [0.15, 0.2) is 54.6 Å². The van der Waals surface area contributed by atoms with Gasteiger partial charge in [0, 0.05) is 11.4 Å². The number of hydrogen-bond acceptors (Lipinski definition) is 3. The topological polar surface area (TPSA) is 56.1 Å². The lowest BCUT2D eigenvalue weighted by Gasteiger charge is -2.15. The van der Waals surface area contributed by atoms with Crippen LogP contribution in [-0.4, -0.2) is 22.1 Å². The molecule has 5 nitrogen and oxygen atoms in total. The molecule has 1 aliphatic rings. The number of ether oxygens (including phenoxy) is 1. The number of nitrogens with zero attached hydrogens (tertiary/aromatic N) is 2. The molecule has 0 saturated carbocycles. The maximum absolute atomic E-state index is 12.3. The predicted octanol–water partition coefficient (Wildman–Crippen LogP) is 3.75. The summed E-state index contributed by atoms with van der Waals surface area (Å²) < 4.78 is 7.77. The fourth-order valence-corrected chi connectivity index (χ4v) is 3.61. The zero-order valence-electron chi connectivity index (χ0n) is 16.1. The van der Waals surface area contributed by atoms with Gasteiger partial charge in [0.05, 0.1) is 12.2 Å². The van der Waals surface area contributed by atoms with Crippen molar-refractivity contribution in [3.8, 4) is 11.4 Å². The maximum atomic E-state index is 12.3. The van der Waals surface area contributed by atoms with E-state index in [-0.39, 0.29) is 12.5 Å². The van der Waals surface area contributed by atoms with Gasteiger partial charge in [0.1, 0.15) is 11.6 Å². The van der Waals surface area contributed by atoms with E-state index in [0.29, 0.717) is 12.3 Å². The van der Waals surface area contributed by atoms with E-state index in [2.05, 4.69) is 22.0 Å². The molecule has 1 aromatic heterocycles. The van der Waals surface area contributed by atoms with Crippen molar-refractivity contribution in [3.63, 3.8) is 0 Å². The molecular weight excluding hydrogens is 350 g/mol. The molecule has 0 unspecified atom stereocenters. The zero-order valence-corrected chi connectivity index (χ0v) is 16.1. The Morgan fingerprint density at radius 1 is 1.07 bits per heavy atom. The Labute approximate surface area is 165 Å².